The van der Waals surface area contributed by atoms with Crippen molar-refractivity contribution in [2.75, 3.05) is 24.5 Å². The number of anilines is 1. The molecule has 0 radical (unpaired) electrons. The van der Waals surface area contributed by atoms with Gasteiger partial charge in [0.2, 0.25) is 0 Å². The number of carboxylic acids is 1. The molecule has 0 aliphatic carbocycles. The second-order valence-electron chi connectivity index (χ2n) is 3.94. The summed E-state index contributed by atoms with van der Waals surface area (Å²) in [5.74, 6) is -1.26. The van der Waals surface area contributed by atoms with Crippen molar-refractivity contribution in [2.24, 2.45) is 0 Å². The number of nitrogens with one attached hydrogen (secondary N) is 1. The molecule has 0 saturated heterocycles. The highest BCUT2D eigenvalue weighted by atomic mass is 19.1. The van der Waals surface area contributed by atoms with Crippen molar-refractivity contribution >= 4 is 11.7 Å². The zero-order valence-electron chi connectivity index (χ0n) is 10.7. The maximum absolute atomic E-state index is 13.7. The van der Waals surface area contributed by atoms with Crippen LogP contribution in [-0.2, 0) is 4.79 Å². The van der Waals surface area contributed by atoms with E-state index in [0.717, 1.165) is 0 Å². The van der Waals surface area contributed by atoms with Gasteiger partial charge in [-0.15, -0.1) is 0 Å². The molecule has 0 fully saturated rings. The lowest BCUT2D eigenvalue weighted by Gasteiger charge is -2.27. The third-order valence-corrected chi connectivity index (χ3v) is 2.73. The minimum Gasteiger partial charge on any atom is -0.480 e. The quantitative estimate of drug-likeness (QED) is 0.778. The van der Waals surface area contributed by atoms with Crippen molar-refractivity contribution in [1.29, 1.82) is 0 Å². The molecule has 1 atom stereocenters. The molecule has 0 saturated carbocycles. The van der Waals surface area contributed by atoms with Crippen LogP contribution in [-0.4, -0.2) is 36.8 Å². The van der Waals surface area contributed by atoms with Gasteiger partial charge in [-0.05, 0) is 25.6 Å². The second kappa shape index (κ2) is 6.96. The molecule has 100 valence electrons. The normalized spacial score (nSPS) is 12.2. The third-order valence-electron chi connectivity index (χ3n) is 2.73. The number of carboxylic acid groups (broad SMARTS) is 1. The number of hydrogen-bond acceptors (Lipinski definition) is 3. The third kappa shape index (κ3) is 3.70. The van der Waals surface area contributed by atoms with Crippen LogP contribution in [0, 0.1) is 5.82 Å². The molecule has 0 spiro atoms. The smallest absolute Gasteiger partial charge is 0.322 e. The fraction of sp³-hybridized carbons (Fsp3) is 0.462. The summed E-state index contributed by atoms with van der Waals surface area (Å²) in [4.78, 5) is 12.8. The van der Waals surface area contributed by atoms with E-state index in [1.165, 1.54) is 6.07 Å². The molecule has 0 aliphatic heterocycles. The molecule has 0 amide bonds. The molecule has 0 aliphatic rings. The number of aliphatic carboxylic acids is 1. The molecular weight excluding hydrogens is 235 g/mol. The summed E-state index contributed by atoms with van der Waals surface area (Å²) in [5.41, 5.74) is 0.434. The van der Waals surface area contributed by atoms with Crippen LogP contribution in [0.25, 0.3) is 0 Å². The number of para-hydroxylation sites is 1. The van der Waals surface area contributed by atoms with E-state index < -0.39 is 12.0 Å². The zero-order valence-corrected chi connectivity index (χ0v) is 10.7. The average molecular weight is 254 g/mol. The lowest BCUT2D eigenvalue weighted by atomic mass is 10.2. The van der Waals surface area contributed by atoms with Crippen molar-refractivity contribution in [3.63, 3.8) is 0 Å². The first-order valence-corrected chi connectivity index (χ1v) is 6.05. The molecule has 1 aromatic rings. The van der Waals surface area contributed by atoms with Crippen molar-refractivity contribution in [3.05, 3.63) is 30.1 Å². The van der Waals surface area contributed by atoms with Gasteiger partial charge >= 0.3 is 5.97 Å². The van der Waals surface area contributed by atoms with E-state index in [2.05, 4.69) is 5.32 Å². The Morgan fingerprint density at radius 2 is 2.11 bits per heavy atom. The van der Waals surface area contributed by atoms with Gasteiger partial charge in [-0.3, -0.25) is 4.79 Å². The Morgan fingerprint density at radius 3 is 2.61 bits per heavy atom. The number of benzene rings is 1. The molecule has 4 nitrogen and oxygen atoms in total. The summed E-state index contributed by atoms with van der Waals surface area (Å²) in [6, 6.07) is 5.69. The Bertz CT molecular complexity index is 398. The first-order valence-electron chi connectivity index (χ1n) is 6.05. The van der Waals surface area contributed by atoms with E-state index in [-0.39, 0.29) is 12.4 Å². The predicted octanol–water partition coefficient (Wildman–Crippen LogP) is 1.71. The van der Waals surface area contributed by atoms with Gasteiger partial charge in [0.1, 0.15) is 11.9 Å². The number of carbonyl (C=O) groups is 1. The van der Waals surface area contributed by atoms with Crippen molar-refractivity contribution < 1.29 is 14.3 Å². The Hall–Kier alpha value is -1.62. The summed E-state index contributed by atoms with van der Waals surface area (Å²) in [6.07, 6.45) is 0. The number of rotatable bonds is 7. The van der Waals surface area contributed by atoms with E-state index in [1.807, 2.05) is 13.8 Å². The Balaban J connectivity index is 2.84. The Morgan fingerprint density at radius 1 is 1.44 bits per heavy atom. The van der Waals surface area contributed by atoms with Crippen LogP contribution >= 0.6 is 0 Å². The molecule has 18 heavy (non-hydrogen) atoms. The van der Waals surface area contributed by atoms with E-state index in [4.69, 9.17) is 5.11 Å². The highest BCUT2D eigenvalue weighted by Crippen LogP contribution is 2.18. The van der Waals surface area contributed by atoms with E-state index >= 15 is 0 Å². The van der Waals surface area contributed by atoms with Gasteiger partial charge in [0.05, 0.1) is 5.69 Å². The maximum atomic E-state index is 13.7. The van der Waals surface area contributed by atoms with Crippen LogP contribution in [0.1, 0.15) is 13.8 Å². The van der Waals surface area contributed by atoms with Crippen molar-refractivity contribution in [3.8, 4) is 0 Å². The minimum absolute atomic E-state index is 0.237. The monoisotopic (exact) mass is 254 g/mol. The standard InChI is InChI=1S/C13H19FN2O2/c1-3-15-11(13(17)18)9-16(4-2)12-8-6-5-7-10(12)14/h5-8,11,15H,3-4,9H2,1-2H3,(H,17,18). The van der Waals surface area contributed by atoms with Gasteiger partial charge in [-0.1, -0.05) is 19.1 Å². The van der Waals surface area contributed by atoms with Gasteiger partial charge < -0.3 is 15.3 Å². The van der Waals surface area contributed by atoms with Gasteiger partial charge in [-0.25, -0.2) is 4.39 Å². The summed E-state index contributed by atoms with van der Waals surface area (Å²) < 4.78 is 13.7. The predicted molar refractivity (Wildman–Crippen MR) is 69.4 cm³/mol. The zero-order chi connectivity index (χ0) is 13.5. The largest absolute Gasteiger partial charge is 0.480 e. The average Bonchev–Trinajstić information content (AvgIpc) is 2.35. The van der Waals surface area contributed by atoms with E-state index in [9.17, 15) is 9.18 Å². The topological polar surface area (TPSA) is 52.6 Å². The molecule has 0 heterocycles. The lowest BCUT2D eigenvalue weighted by molar-refractivity contribution is -0.139. The van der Waals surface area contributed by atoms with E-state index in [1.54, 1.807) is 23.1 Å². The summed E-state index contributed by atoms with van der Waals surface area (Å²) in [6.45, 7) is 5.06. The van der Waals surface area contributed by atoms with Crippen LogP contribution in [0.3, 0.4) is 0 Å². The Kier molecular flexibility index (Phi) is 5.58. The second-order valence-corrected chi connectivity index (χ2v) is 3.94. The summed E-state index contributed by atoms with van der Waals surface area (Å²) in [7, 11) is 0. The molecule has 1 unspecified atom stereocenters. The fourth-order valence-electron chi connectivity index (χ4n) is 1.80. The molecule has 0 aromatic heterocycles. The van der Waals surface area contributed by atoms with Crippen molar-refractivity contribution in [1.82, 2.24) is 5.32 Å². The number of likely N-dealkylation sites (N-methyl/N-ethyl adjacent to an activating group) is 2. The first-order chi connectivity index (χ1) is 8.60. The maximum Gasteiger partial charge on any atom is 0.322 e. The highest BCUT2D eigenvalue weighted by Gasteiger charge is 2.20. The van der Waals surface area contributed by atoms with Gasteiger partial charge in [0, 0.05) is 13.1 Å². The van der Waals surface area contributed by atoms with Gasteiger partial charge in [0.25, 0.3) is 0 Å². The highest BCUT2D eigenvalue weighted by molar-refractivity contribution is 5.74. The first kappa shape index (κ1) is 14.4. The fourth-order valence-corrected chi connectivity index (χ4v) is 1.80. The van der Waals surface area contributed by atoms with Crippen molar-refractivity contribution in [2.45, 2.75) is 19.9 Å². The Labute approximate surface area is 106 Å². The number of hydrogen-bond donors (Lipinski definition) is 2. The van der Waals surface area contributed by atoms with Crippen LogP contribution in [0.5, 0.6) is 0 Å². The van der Waals surface area contributed by atoms with Crippen LogP contribution in [0.15, 0.2) is 24.3 Å². The summed E-state index contributed by atoms with van der Waals surface area (Å²) in [5, 5.41) is 12.0. The molecule has 1 aromatic carbocycles. The molecule has 5 heteroatoms. The van der Waals surface area contributed by atoms with Crippen LogP contribution in [0.4, 0.5) is 10.1 Å². The SMILES string of the molecule is CCNC(CN(CC)c1ccccc1F)C(=O)O. The molecule has 2 N–H and O–H groups in total. The van der Waals surface area contributed by atoms with Gasteiger partial charge in [-0.2, -0.15) is 0 Å². The molecule has 0 bridgehead atoms. The van der Waals surface area contributed by atoms with Gasteiger partial charge in [0.15, 0.2) is 0 Å². The summed E-state index contributed by atoms with van der Waals surface area (Å²) >= 11 is 0. The molecule has 1 rings (SSSR count). The number of halogens is 1. The van der Waals surface area contributed by atoms with Crippen LogP contribution in [0.2, 0.25) is 0 Å². The molecular formula is C13H19FN2O2. The minimum atomic E-state index is -0.924. The lowest BCUT2D eigenvalue weighted by Crippen LogP contribution is -2.46. The van der Waals surface area contributed by atoms with Crippen LogP contribution < -0.4 is 10.2 Å². The number of nitrogens with zero attached hydrogens (tertiary/aromatic N) is 1. The van der Waals surface area contributed by atoms with E-state index in [0.29, 0.717) is 18.8 Å².